The predicted molar refractivity (Wildman–Crippen MR) is 77.4 cm³/mol. The number of hydrogen-bond donors (Lipinski definition) is 2. The molecular formula is C13H19N3O3S. The van der Waals surface area contributed by atoms with Crippen LogP contribution in [0, 0.1) is 0 Å². The maximum Gasteiger partial charge on any atom is 0.152 e. The Morgan fingerprint density at radius 2 is 1.90 bits per heavy atom. The maximum absolute atomic E-state index is 11.5. The van der Waals surface area contributed by atoms with E-state index in [1.807, 2.05) is 30.3 Å². The number of amidine groups is 1. The smallest absolute Gasteiger partial charge is 0.152 e. The van der Waals surface area contributed by atoms with Crippen molar-refractivity contribution in [1.82, 2.24) is 4.90 Å². The average Bonchev–Trinajstić information content (AvgIpc) is 2.46. The van der Waals surface area contributed by atoms with E-state index in [1.54, 1.807) is 0 Å². The second-order valence-electron chi connectivity index (χ2n) is 4.91. The van der Waals surface area contributed by atoms with Gasteiger partial charge in [-0.2, -0.15) is 0 Å². The van der Waals surface area contributed by atoms with Crippen LogP contribution in [0.15, 0.2) is 35.5 Å². The Labute approximate surface area is 118 Å². The van der Waals surface area contributed by atoms with Gasteiger partial charge in [0.1, 0.15) is 5.84 Å². The van der Waals surface area contributed by atoms with Crippen LogP contribution >= 0.6 is 0 Å². The van der Waals surface area contributed by atoms with Gasteiger partial charge < -0.3 is 10.9 Å². The summed E-state index contributed by atoms with van der Waals surface area (Å²) in [7, 11) is -2.92. The molecule has 1 atom stereocenters. The van der Waals surface area contributed by atoms with Gasteiger partial charge >= 0.3 is 0 Å². The van der Waals surface area contributed by atoms with Gasteiger partial charge in [-0.05, 0) is 5.56 Å². The molecule has 0 radical (unpaired) electrons. The van der Waals surface area contributed by atoms with Crippen molar-refractivity contribution in [1.29, 1.82) is 0 Å². The number of nitrogens with two attached hydrogens (primary N) is 1. The lowest BCUT2D eigenvalue weighted by molar-refractivity contribution is 0.216. The predicted octanol–water partition coefficient (Wildman–Crippen LogP) is 0.595. The number of sulfone groups is 1. The SMILES string of the molecule is NC(CC(c1ccccc1)N1CCS(=O)(=O)CC1)=NO. The van der Waals surface area contributed by atoms with Crippen LogP contribution in [0.3, 0.4) is 0 Å². The van der Waals surface area contributed by atoms with Crippen molar-refractivity contribution in [3.63, 3.8) is 0 Å². The van der Waals surface area contributed by atoms with Gasteiger partial charge in [-0.1, -0.05) is 35.5 Å². The maximum atomic E-state index is 11.5. The van der Waals surface area contributed by atoms with Crippen LogP contribution in [0.4, 0.5) is 0 Å². The summed E-state index contributed by atoms with van der Waals surface area (Å²) in [5.41, 5.74) is 6.67. The van der Waals surface area contributed by atoms with Crippen molar-refractivity contribution < 1.29 is 13.6 Å². The Bertz CT molecular complexity index is 558. The number of rotatable bonds is 4. The van der Waals surface area contributed by atoms with E-state index < -0.39 is 9.84 Å². The molecule has 0 amide bonds. The lowest BCUT2D eigenvalue weighted by Crippen LogP contribution is -2.43. The molecule has 0 aromatic heterocycles. The lowest BCUT2D eigenvalue weighted by Gasteiger charge is -2.34. The topological polar surface area (TPSA) is 96.0 Å². The number of hydrogen-bond acceptors (Lipinski definition) is 5. The van der Waals surface area contributed by atoms with Gasteiger partial charge in [-0.3, -0.25) is 4.90 Å². The van der Waals surface area contributed by atoms with E-state index in [9.17, 15) is 8.42 Å². The minimum Gasteiger partial charge on any atom is -0.409 e. The summed E-state index contributed by atoms with van der Waals surface area (Å²) < 4.78 is 23.0. The van der Waals surface area contributed by atoms with E-state index >= 15 is 0 Å². The van der Waals surface area contributed by atoms with Gasteiger partial charge in [0.15, 0.2) is 9.84 Å². The molecule has 0 saturated carbocycles. The van der Waals surface area contributed by atoms with Gasteiger partial charge in [0.25, 0.3) is 0 Å². The fraction of sp³-hybridized carbons (Fsp3) is 0.462. The Morgan fingerprint density at radius 1 is 1.30 bits per heavy atom. The van der Waals surface area contributed by atoms with Gasteiger partial charge in [-0.15, -0.1) is 0 Å². The van der Waals surface area contributed by atoms with Gasteiger partial charge in [-0.25, -0.2) is 8.42 Å². The van der Waals surface area contributed by atoms with Crippen molar-refractivity contribution >= 4 is 15.7 Å². The van der Waals surface area contributed by atoms with Crippen LogP contribution in [-0.4, -0.2) is 49.0 Å². The zero-order chi connectivity index (χ0) is 14.6. The van der Waals surface area contributed by atoms with Crippen molar-refractivity contribution in [2.75, 3.05) is 24.6 Å². The second kappa shape index (κ2) is 6.23. The standard InChI is InChI=1S/C13H19N3O3S/c14-13(15-17)10-12(11-4-2-1-3-5-11)16-6-8-20(18,19)9-7-16/h1-5,12,17H,6-10H2,(H2,14,15). The van der Waals surface area contributed by atoms with Crippen molar-refractivity contribution in [2.24, 2.45) is 10.9 Å². The summed E-state index contributed by atoms with van der Waals surface area (Å²) in [5, 5.41) is 11.8. The largest absolute Gasteiger partial charge is 0.409 e. The molecule has 1 aliphatic rings. The van der Waals surface area contributed by atoms with Crippen LogP contribution in [-0.2, 0) is 9.84 Å². The summed E-state index contributed by atoms with van der Waals surface area (Å²) >= 11 is 0. The normalized spacial score (nSPS) is 21.5. The molecule has 110 valence electrons. The van der Waals surface area contributed by atoms with Crippen LogP contribution in [0.5, 0.6) is 0 Å². The third-order valence-corrected chi connectivity index (χ3v) is 5.14. The summed E-state index contributed by atoms with van der Waals surface area (Å²) in [6, 6.07) is 9.65. The first-order valence-corrected chi connectivity index (χ1v) is 8.30. The summed E-state index contributed by atoms with van der Waals surface area (Å²) in [5.74, 6) is 0.464. The number of oxime groups is 1. The zero-order valence-corrected chi connectivity index (χ0v) is 12.0. The van der Waals surface area contributed by atoms with Gasteiger partial charge in [0.2, 0.25) is 0 Å². The monoisotopic (exact) mass is 297 g/mol. The molecule has 0 bridgehead atoms. The third-order valence-electron chi connectivity index (χ3n) is 3.54. The van der Waals surface area contributed by atoms with Crippen LogP contribution < -0.4 is 5.73 Å². The molecule has 0 spiro atoms. The molecule has 1 aromatic rings. The Morgan fingerprint density at radius 3 is 2.45 bits per heavy atom. The quantitative estimate of drug-likeness (QED) is 0.367. The highest BCUT2D eigenvalue weighted by Gasteiger charge is 2.28. The second-order valence-corrected chi connectivity index (χ2v) is 7.21. The highest BCUT2D eigenvalue weighted by atomic mass is 32.2. The van der Waals surface area contributed by atoms with E-state index in [-0.39, 0.29) is 23.4 Å². The highest BCUT2D eigenvalue weighted by molar-refractivity contribution is 7.91. The highest BCUT2D eigenvalue weighted by Crippen LogP contribution is 2.25. The summed E-state index contributed by atoms with van der Waals surface area (Å²) in [6.45, 7) is 0.946. The number of benzene rings is 1. The van der Waals surface area contributed by atoms with Crippen LogP contribution in [0.25, 0.3) is 0 Å². The van der Waals surface area contributed by atoms with Gasteiger partial charge in [0, 0.05) is 25.6 Å². The molecule has 1 fully saturated rings. The van der Waals surface area contributed by atoms with Crippen molar-refractivity contribution in [3.8, 4) is 0 Å². The molecule has 7 heteroatoms. The Hall–Kier alpha value is -1.60. The molecule has 3 N–H and O–H groups in total. The molecule has 1 aromatic carbocycles. The minimum absolute atomic E-state index is 0.0670. The molecule has 1 saturated heterocycles. The van der Waals surface area contributed by atoms with E-state index in [0.29, 0.717) is 19.5 Å². The van der Waals surface area contributed by atoms with E-state index in [1.165, 1.54) is 0 Å². The van der Waals surface area contributed by atoms with Crippen molar-refractivity contribution in [2.45, 2.75) is 12.5 Å². The summed E-state index contributed by atoms with van der Waals surface area (Å²) in [6.07, 6.45) is 0.376. The van der Waals surface area contributed by atoms with E-state index in [2.05, 4.69) is 10.1 Å². The zero-order valence-electron chi connectivity index (χ0n) is 11.1. The van der Waals surface area contributed by atoms with E-state index in [0.717, 1.165) is 5.56 Å². The summed E-state index contributed by atoms with van der Waals surface area (Å²) in [4.78, 5) is 2.08. The van der Waals surface area contributed by atoms with Crippen LogP contribution in [0.1, 0.15) is 18.0 Å². The first-order chi connectivity index (χ1) is 9.52. The molecule has 1 aliphatic heterocycles. The molecule has 6 nitrogen and oxygen atoms in total. The fourth-order valence-electron chi connectivity index (χ4n) is 2.41. The molecule has 1 unspecified atom stereocenters. The van der Waals surface area contributed by atoms with E-state index in [4.69, 9.17) is 10.9 Å². The lowest BCUT2D eigenvalue weighted by atomic mass is 10.0. The number of nitrogens with zero attached hydrogens (tertiary/aromatic N) is 2. The molecule has 2 rings (SSSR count). The first-order valence-electron chi connectivity index (χ1n) is 6.47. The molecule has 0 aliphatic carbocycles. The molecular weight excluding hydrogens is 278 g/mol. The van der Waals surface area contributed by atoms with Crippen molar-refractivity contribution in [3.05, 3.63) is 35.9 Å². The average molecular weight is 297 g/mol. The third kappa shape index (κ3) is 3.71. The first kappa shape index (κ1) is 14.8. The fourth-order valence-corrected chi connectivity index (χ4v) is 3.64. The molecule has 1 heterocycles. The Kier molecular flexibility index (Phi) is 4.61. The Balaban J connectivity index is 2.19. The minimum atomic E-state index is -2.92. The molecule has 20 heavy (non-hydrogen) atoms. The van der Waals surface area contributed by atoms with Gasteiger partial charge in [0.05, 0.1) is 11.5 Å². The van der Waals surface area contributed by atoms with Crippen LogP contribution in [0.2, 0.25) is 0 Å².